The molecule has 1 amide bonds. The zero-order valence-corrected chi connectivity index (χ0v) is 15.0. The van der Waals surface area contributed by atoms with Crippen molar-refractivity contribution >= 4 is 28.3 Å². The maximum Gasteiger partial charge on any atom is 0.341 e. The Labute approximate surface area is 157 Å². The number of carbonyl (C=O) groups excluding carboxylic acids is 2. The highest BCUT2D eigenvalue weighted by Gasteiger charge is 2.25. The molecule has 0 unspecified atom stereocenters. The Balaban J connectivity index is 1.62. The topological polar surface area (TPSA) is 55.8 Å². The van der Waals surface area contributed by atoms with Gasteiger partial charge in [0.2, 0.25) is 0 Å². The summed E-state index contributed by atoms with van der Waals surface area (Å²) >= 11 is 0. The van der Waals surface area contributed by atoms with E-state index in [4.69, 9.17) is 9.47 Å². The Morgan fingerprint density at radius 2 is 1.78 bits per heavy atom. The molecule has 1 aliphatic rings. The van der Waals surface area contributed by atoms with Gasteiger partial charge in [-0.1, -0.05) is 48.5 Å². The second kappa shape index (κ2) is 7.11. The second-order valence-electron chi connectivity index (χ2n) is 6.37. The Kier molecular flexibility index (Phi) is 4.50. The van der Waals surface area contributed by atoms with E-state index in [1.54, 1.807) is 11.0 Å². The monoisotopic (exact) mass is 361 g/mol. The van der Waals surface area contributed by atoms with Crippen LogP contribution in [-0.4, -0.2) is 32.1 Å². The van der Waals surface area contributed by atoms with Crippen LogP contribution >= 0.6 is 0 Å². The van der Waals surface area contributed by atoms with Gasteiger partial charge in [-0.25, -0.2) is 4.79 Å². The average molecular weight is 361 g/mol. The fourth-order valence-corrected chi connectivity index (χ4v) is 3.48. The maximum atomic E-state index is 12.8. The minimum Gasteiger partial charge on any atom is -0.482 e. The van der Waals surface area contributed by atoms with Crippen LogP contribution in [0.25, 0.3) is 10.8 Å². The van der Waals surface area contributed by atoms with Crippen LogP contribution in [0.2, 0.25) is 0 Å². The zero-order valence-electron chi connectivity index (χ0n) is 15.0. The highest BCUT2D eigenvalue weighted by Crippen LogP contribution is 2.31. The number of rotatable bonds is 4. The Hall–Kier alpha value is -3.34. The molecule has 0 N–H and O–H groups in total. The largest absolute Gasteiger partial charge is 0.482 e. The van der Waals surface area contributed by atoms with Gasteiger partial charge in [0.05, 0.1) is 7.11 Å². The number of para-hydroxylation sites is 1. The summed E-state index contributed by atoms with van der Waals surface area (Å²) in [5, 5.41) is 1.70. The van der Waals surface area contributed by atoms with E-state index >= 15 is 0 Å². The SMILES string of the molecule is COC(=O)c1ccc2ccccc2c1OCC(=O)N1CCc2ccccc21. The van der Waals surface area contributed by atoms with Crippen molar-refractivity contribution in [3.05, 3.63) is 71.8 Å². The minimum atomic E-state index is -0.491. The molecular weight excluding hydrogens is 342 g/mol. The molecular formula is C22H19NO4. The van der Waals surface area contributed by atoms with E-state index in [1.807, 2.05) is 54.6 Å². The normalized spacial score (nSPS) is 12.7. The van der Waals surface area contributed by atoms with Crippen LogP contribution in [0, 0.1) is 0 Å². The summed E-state index contributed by atoms with van der Waals surface area (Å²) in [5.74, 6) is -0.251. The molecule has 0 radical (unpaired) electrons. The molecule has 5 heteroatoms. The summed E-state index contributed by atoms with van der Waals surface area (Å²) in [5.41, 5.74) is 2.40. The Bertz CT molecular complexity index is 1030. The standard InChI is InChI=1S/C22H19NO4/c1-26-22(25)18-11-10-15-6-2-4-8-17(15)21(18)27-14-20(24)23-13-12-16-7-3-5-9-19(16)23/h2-11H,12-14H2,1H3. The quantitative estimate of drug-likeness (QED) is 0.667. The fourth-order valence-electron chi connectivity index (χ4n) is 3.48. The van der Waals surface area contributed by atoms with Crippen LogP contribution in [0.4, 0.5) is 5.69 Å². The third-order valence-electron chi connectivity index (χ3n) is 4.81. The van der Waals surface area contributed by atoms with E-state index < -0.39 is 5.97 Å². The molecule has 3 aromatic rings. The summed E-state index contributed by atoms with van der Waals surface area (Å²) in [6.45, 7) is 0.493. The molecule has 1 aliphatic heterocycles. The zero-order chi connectivity index (χ0) is 18.8. The van der Waals surface area contributed by atoms with Crippen molar-refractivity contribution in [1.82, 2.24) is 0 Å². The van der Waals surface area contributed by atoms with Crippen molar-refractivity contribution < 1.29 is 19.1 Å². The smallest absolute Gasteiger partial charge is 0.341 e. The van der Waals surface area contributed by atoms with E-state index in [-0.39, 0.29) is 12.5 Å². The van der Waals surface area contributed by atoms with Crippen LogP contribution in [-0.2, 0) is 16.0 Å². The van der Waals surface area contributed by atoms with Crippen LogP contribution in [0.5, 0.6) is 5.75 Å². The number of hydrogen-bond donors (Lipinski definition) is 0. The first-order valence-corrected chi connectivity index (χ1v) is 8.80. The number of amides is 1. The van der Waals surface area contributed by atoms with Crippen molar-refractivity contribution in [1.29, 1.82) is 0 Å². The van der Waals surface area contributed by atoms with E-state index in [2.05, 4.69) is 0 Å². The van der Waals surface area contributed by atoms with Crippen molar-refractivity contribution in [2.75, 3.05) is 25.2 Å². The van der Waals surface area contributed by atoms with Gasteiger partial charge in [0.25, 0.3) is 5.91 Å². The average Bonchev–Trinajstić information content (AvgIpc) is 3.15. The van der Waals surface area contributed by atoms with Gasteiger partial charge < -0.3 is 14.4 Å². The molecule has 3 aromatic carbocycles. The summed E-state index contributed by atoms with van der Waals surface area (Å²) in [6.07, 6.45) is 0.837. The molecule has 0 spiro atoms. The predicted molar refractivity (Wildman–Crippen MR) is 103 cm³/mol. The van der Waals surface area contributed by atoms with Crippen LogP contribution < -0.4 is 9.64 Å². The van der Waals surface area contributed by atoms with Gasteiger partial charge in [0.1, 0.15) is 11.3 Å². The Morgan fingerprint density at radius 1 is 1.00 bits per heavy atom. The van der Waals surface area contributed by atoms with Gasteiger partial charge in [0, 0.05) is 17.6 Å². The maximum absolute atomic E-state index is 12.8. The lowest BCUT2D eigenvalue weighted by molar-refractivity contribution is -0.120. The second-order valence-corrected chi connectivity index (χ2v) is 6.37. The predicted octanol–water partition coefficient (Wildman–Crippen LogP) is 3.59. The van der Waals surface area contributed by atoms with E-state index in [1.165, 1.54) is 7.11 Å². The number of hydrogen-bond acceptors (Lipinski definition) is 4. The van der Waals surface area contributed by atoms with Gasteiger partial charge in [0.15, 0.2) is 6.61 Å². The number of fused-ring (bicyclic) bond motifs is 2. The molecule has 0 aromatic heterocycles. The fraction of sp³-hybridized carbons (Fsp3) is 0.182. The number of methoxy groups -OCH3 is 1. The first-order chi connectivity index (χ1) is 13.2. The summed E-state index contributed by atoms with van der Waals surface area (Å²) < 4.78 is 10.7. The first kappa shape index (κ1) is 17.1. The van der Waals surface area contributed by atoms with Crippen molar-refractivity contribution in [3.63, 3.8) is 0 Å². The number of benzene rings is 3. The lowest BCUT2D eigenvalue weighted by atomic mass is 10.1. The van der Waals surface area contributed by atoms with Crippen molar-refractivity contribution in [2.45, 2.75) is 6.42 Å². The van der Waals surface area contributed by atoms with Gasteiger partial charge in [-0.05, 0) is 29.5 Å². The van der Waals surface area contributed by atoms with Gasteiger partial charge in [-0.15, -0.1) is 0 Å². The lowest BCUT2D eigenvalue weighted by Gasteiger charge is -2.19. The number of nitrogens with zero attached hydrogens (tertiary/aromatic N) is 1. The van der Waals surface area contributed by atoms with E-state index in [9.17, 15) is 9.59 Å². The number of carbonyl (C=O) groups is 2. The van der Waals surface area contributed by atoms with Crippen LogP contribution in [0.1, 0.15) is 15.9 Å². The van der Waals surface area contributed by atoms with Gasteiger partial charge in [-0.2, -0.15) is 0 Å². The van der Waals surface area contributed by atoms with E-state index in [0.29, 0.717) is 17.9 Å². The summed E-state index contributed by atoms with van der Waals surface area (Å²) in [4.78, 5) is 26.6. The molecule has 27 heavy (non-hydrogen) atoms. The third kappa shape index (κ3) is 3.12. The third-order valence-corrected chi connectivity index (χ3v) is 4.81. The lowest BCUT2D eigenvalue weighted by Crippen LogP contribution is -2.33. The van der Waals surface area contributed by atoms with Crippen LogP contribution in [0.3, 0.4) is 0 Å². The molecule has 1 heterocycles. The van der Waals surface area contributed by atoms with Crippen molar-refractivity contribution in [2.24, 2.45) is 0 Å². The van der Waals surface area contributed by atoms with Crippen molar-refractivity contribution in [3.8, 4) is 5.75 Å². The Morgan fingerprint density at radius 3 is 2.63 bits per heavy atom. The van der Waals surface area contributed by atoms with Gasteiger partial charge in [-0.3, -0.25) is 4.79 Å². The molecule has 0 atom stereocenters. The summed E-state index contributed by atoms with van der Waals surface area (Å²) in [6, 6.07) is 19.0. The molecule has 5 nitrogen and oxygen atoms in total. The van der Waals surface area contributed by atoms with Crippen LogP contribution in [0.15, 0.2) is 60.7 Å². The molecule has 0 fully saturated rings. The molecule has 0 saturated heterocycles. The molecule has 0 aliphatic carbocycles. The molecule has 0 saturated carbocycles. The molecule has 4 rings (SSSR count). The molecule has 0 bridgehead atoms. The van der Waals surface area contributed by atoms with Gasteiger partial charge >= 0.3 is 5.97 Å². The van der Waals surface area contributed by atoms with E-state index in [0.717, 1.165) is 28.4 Å². The molecule has 136 valence electrons. The number of ether oxygens (including phenoxy) is 2. The number of esters is 1. The highest BCUT2D eigenvalue weighted by atomic mass is 16.5. The first-order valence-electron chi connectivity index (χ1n) is 8.80. The number of anilines is 1. The highest BCUT2D eigenvalue weighted by molar-refractivity contribution is 6.02. The summed E-state index contributed by atoms with van der Waals surface area (Å²) in [7, 11) is 1.33. The minimum absolute atomic E-state index is 0.135.